The zero-order valence-corrected chi connectivity index (χ0v) is 16.6. The van der Waals surface area contributed by atoms with Crippen LogP contribution in [0.2, 0.25) is 0 Å². The second kappa shape index (κ2) is 10.3. The molecule has 0 saturated heterocycles. The predicted octanol–water partition coefficient (Wildman–Crippen LogP) is 5.12. The first kappa shape index (κ1) is 20.5. The molecule has 3 aromatic carbocycles. The first-order valence-electron chi connectivity index (χ1n) is 9.87. The summed E-state index contributed by atoms with van der Waals surface area (Å²) in [5, 5.41) is 9.68. The lowest BCUT2D eigenvalue weighted by atomic mass is 9.92. The summed E-state index contributed by atoms with van der Waals surface area (Å²) in [6.07, 6.45) is 1.20. The highest BCUT2D eigenvalue weighted by molar-refractivity contribution is 5.76. The number of hydrogen-bond donors (Lipinski definition) is 1. The molecule has 0 saturated carbocycles. The van der Waals surface area contributed by atoms with Gasteiger partial charge in [-0.05, 0) is 42.2 Å². The van der Waals surface area contributed by atoms with Gasteiger partial charge in [-0.1, -0.05) is 66.7 Å². The number of rotatable bonds is 10. The summed E-state index contributed by atoms with van der Waals surface area (Å²) >= 11 is 0. The van der Waals surface area contributed by atoms with E-state index >= 15 is 0 Å². The van der Waals surface area contributed by atoms with E-state index in [0.29, 0.717) is 31.1 Å². The van der Waals surface area contributed by atoms with Gasteiger partial charge in [-0.25, -0.2) is 0 Å². The van der Waals surface area contributed by atoms with Crippen molar-refractivity contribution in [1.82, 2.24) is 0 Å². The van der Waals surface area contributed by atoms with Gasteiger partial charge in [0.25, 0.3) is 0 Å². The molecule has 0 aliphatic rings. The average Bonchev–Trinajstić information content (AvgIpc) is 2.75. The molecule has 0 aliphatic carbocycles. The zero-order valence-electron chi connectivity index (χ0n) is 16.6. The smallest absolute Gasteiger partial charge is 0.311 e. The van der Waals surface area contributed by atoms with Crippen LogP contribution in [0, 0.1) is 0 Å². The minimum absolute atomic E-state index is 0.393. The van der Waals surface area contributed by atoms with Crippen LogP contribution in [-0.2, 0) is 17.6 Å². The molecule has 0 spiro atoms. The molecule has 0 aliphatic heterocycles. The van der Waals surface area contributed by atoms with E-state index in [2.05, 4.69) is 12.1 Å². The van der Waals surface area contributed by atoms with Gasteiger partial charge < -0.3 is 14.6 Å². The third kappa shape index (κ3) is 5.85. The van der Waals surface area contributed by atoms with Crippen molar-refractivity contribution in [2.75, 3.05) is 13.2 Å². The highest BCUT2D eigenvalue weighted by atomic mass is 16.5. The predicted molar refractivity (Wildman–Crippen MR) is 114 cm³/mol. The van der Waals surface area contributed by atoms with Crippen LogP contribution in [0.15, 0.2) is 78.9 Å². The summed E-state index contributed by atoms with van der Waals surface area (Å²) in [6, 6.07) is 25.2. The fourth-order valence-corrected chi connectivity index (χ4v) is 3.26. The van der Waals surface area contributed by atoms with Gasteiger partial charge in [0.15, 0.2) is 11.5 Å². The van der Waals surface area contributed by atoms with Crippen molar-refractivity contribution in [3.8, 4) is 11.5 Å². The molecule has 0 heterocycles. The lowest BCUT2D eigenvalue weighted by Crippen LogP contribution is -2.14. The quantitative estimate of drug-likeness (QED) is 0.522. The zero-order chi connectivity index (χ0) is 20.5. The van der Waals surface area contributed by atoms with E-state index in [9.17, 15) is 9.90 Å². The fraction of sp³-hybridized carbons (Fsp3) is 0.240. The van der Waals surface area contributed by atoms with Gasteiger partial charge in [-0.15, -0.1) is 0 Å². The van der Waals surface area contributed by atoms with Crippen LogP contribution < -0.4 is 9.47 Å². The first-order chi connectivity index (χ1) is 14.2. The molecule has 0 bridgehead atoms. The van der Waals surface area contributed by atoms with E-state index < -0.39 is 11.9 Å². The molecule has 150 valence electrons. The molecular weight excluding hydrogens is 364 g/mol. The van der Waals surface area contributed by atoms with Gasteiger partial charge in [-0.2, -0.15) is 0 Å². The van der Waals surface area contributed by atoms with Crippen molar-refractivity contribution in [2.45, 2.75) is 25.7 Å². The fourth-order valence-electron chi connectivity index (χ4n) is 3.26. The third-order valence-electron chi connectivity index (χ3n) is 4.74. The van der Waals surface area contributed by atoms with E-state index in [1.165, 1.54) is 5.56 Å². The van der Waals surface area contributed by atoms with E-state index in [1.54, 1.807) is 0 Å². The van der Waals surface area contributed by atoms with Gasteiger partial charge in [0, 0.05) is 6.42 Å². The number of carboxylic acids is 1. The molecule has 0 radical (unpaired) electrons. The molecule has 1 N–H and O–H groups in total. The Hall–Kier alpha value is -3.27. The number of aliphatic carboxylic acids is 1. The molecule has 0 aromatic heterocycles. The average molecular weight is 390 g/mol. The standard InChI is InChI=1S/C25H26O4/c1-2-28-24-18-20(17-22(25(26)27)21-11-7-4-8-12-21)13-14-23(24)29-16-15-19-9-5-3-6-10-19/h3-14,18,22H,2,15-17H2,1H3,(H,26,27). The lowest BCUT2D eigenvalue weighted by molar-refractivity contribution is -0.138. The van der Waals surface area contributed by atoms with E-state index in [-0.39, 0.29) is 0 Å². The molecule has 3 rings (SSSR count). The third-order valence-corrected chi connectivity index (χ3v) is 4.74. The van der Waals surface area contributed by atoms with Crippen molar-refractivity contribution in [3.05, 3.63) is 95.6 Å². The van der Waals surface area contributed by atoms with Gasteiger partial charge in [0.2, 0.25) is 0 Å². The highest BCUT2D eigenvalue weighted by Crippen LogP contribution is 2.31. The first-order valence-corrected chi connectivity index (χ1v) is 9.87. The van der Waals surface area contributed by atoms with Crippen molar-refractivity contribution < 1.29 is 19.4 Å². The van der Waals surface area contributed by atoms with E-state index in [0.717, 1.165) is 17.5 Å². The number of ether oxygens (including phenoxy) is 2. The summed E-state index contributed by atoms with van der Waals surface area (Å²) in [5.74, 6) is -0.110. The number of hydrogen-bond acceptors (Lipinski definition) is 3. The molecule has 29 heavy (non-hydrogen) atoms. The maximum Gasteiger partial charge on any atom is 0.311 e. The highest BCUT2D eigenvalue weighted by Gasteiger charge is 2.21. The Morgan fingerprint density at radius 3 is 2.21 bits per heavy atom. The van der Waals surface area contributed by atoms with Gasteiger partial charge in [0.05, 0.1) is 19.1 Å². The van der Waals surface area contributed by atoms with Crippen LogP contribution in [-0.4, -0.2) is 24.3 Å². The number of carboxylic acid groups (broad SMARTS) is 1. The van der Waals surface area contributed by atoms with Crippen molar-refractivity contribution in [1.29, 1.82) is 0 Å². The Bertz CT molecular complexity index is 907. The van der Waals surface area contributed by atoms with Crippen LogP contribution in [0.4, 0.5) is 0 Å². The molecule has 4 nitrogen and oxygen atoms in total. The molecule has 1 unspecified atom stereocenters. The molecular formula is C25H26O4. The summed E-state index contributed by atoms with van der Waals surface area (Å²) in [4.78, 5) is 11.8. The van der Waals surface area contributed by atoms with Crippen LogP contribution in [0.3, 0.4) is 0 Å². The Balaban J connectivity index is 1.71. The molecule has 4 heteroatoms. The Labute approximate surface area is 171 Å². The van der Waals surface area contributed by atoms with Crippen LogP contribution in [0.5, 0.6) is 11.5 Å². The van der Waals surface area contributed by atoms with Crippen LogP contribution in [0.1, 0.15) is 29.5 Å². The summed E-state index contributed by atoms with van der Waals surface area (Å²) in [5.41, 5.74) is 2.91. The molecule has 0 fully saturated rings. The monoisotopic (exact) mass is 390 g/mol. The Morgan fingerprint density at radius 1 is 0.862 bits per heavy atom. The SMILES string of the molecule is CCOc1cc(CC(C(=O)O)c2ccccc2)ccc1OCCc1ccccc1. The van der Waals surface area contributed by atoms with Crippen molar-refractivity contribution >= 4 is 5.97 Å². The number of benzene rings is 3. The normalized spacial score (nSPS) is 11.6. The maximum absolute atomic E-state index is 11.8. The Morgan fingerprint density at radius 2 is 1.55 bits per heavy atom. The van der Waals surface area contributed by atoms with Crippen molar-refractivity contribution in [2.24, 2.45) is 0 Å². The summed E-state index contributed by atoms with van der Waals surface area (Å²) < 4.78 is 11.7. The second-order valence-corrected chi connectivity index (χ2v) is 6.80. The molecule has 1 atom stereocenters. The number of carbonyl (C=O) groups is 1. The van der Waals surface area contributed by atoms with E-state index in [4.69, 9.17) is 9.47 Å². The minimum atomic E-state index is -0.836. The largest absolute Gasteiger partial charge is 0.490 e. The van der Waals surface area contributed by atoms with Crippen LogP contribution in [0.25, 0.3) is 0 Å². The van der Waals surface area contributed by atoms with Gasteiger partial charge >= 0.3 is 5.97 Å². The van der Waals surface area contributed by atoms with Crippen molar-refractivity contribution in [3.63, 3.8) is 0 Å². The minimum Gasteiger partial charge on any atom is -0.490 e. The molecule has 0 amide bonds. The van der Waals surface area contributed by atoms with Gasteiger partial charge in [0.1, 0.15) is 0 Å². The lowest BCUT2D eigenvalue weighted by Gasteiger charge is -2.16. The van der Waals surface area contributed by atoms with Gasteiger partial charge in [-0.3, -0.25) is 4.79 Å². The Kier molecular flexibility index (Phi) is 7.28. The summed E-state index contributed by atoms with van der Waals surface area (Å²) in [6.45, 7) is 2.98. The molecule has 3 aromatic rings. The van der Waals surface area contributed by atoms with E-state index in [1.807, 2.05) is 73.7 Å². The topological polar surface area (TPSA) is 55.8 Å². The second-order valence-electron chi connectivity index (χ2n) is 6.80. The van der Waals surface area contributed by atoms with Crippen LogP contribution >= 0.6 is 0 Å². The maximum atomic E-state index is 11.8. The summed E-state index contributed by atoms with van der Waals surface area (Å²) in [7, 11) is 0.